The van der Waals surface area contributed by atoms with Gasteiger partial charge >= 0.3 is 0 Å². The molecule has 0 saturated heterocycles. The highest BCUT2D eigenvalue weighted by Gasteiger charge is 2.02. The van der Waals surface area contributed by atoms with Gasteiger partial charge in [0.25, 0.3) is 0 Å². The SMILES string of the molecule is NCc1cc(F)cc(OCc2cccc(F)c2)c1. The molecule has 18 heavy (non-hydrogen) atoms. The van der Waals surface area contributed by atoms with Gasteiger partial charge in [0.05, 0.1) is 0 Å². The first-order chi connectivity index (χ1) is 8.67. The van der Waals surface area contributed by atoms with Gasteiger partial charge in [-0.2, -0.15) is 0 Å². The Hall–Kier alpha value is -1.94. The van der Waals surface area contributed by atoms with Crippen molar-refractivity contribution in [2.24, 2.45) is 5.73 Å². The van der Waals surface area contributed by atoms with Crippen LogP contribution >= 0.6 is 0 Å². The largest absolute Gasteiger partial charge is 0.489 e. The summed E-state index contributed by atoms with van der Waals surface area (Å²) in [6.07, 6.45) is 0. The molecule has 0 atom stereocenters. The quantitative estimate of drug-likeness (QED) is 0.904. The Morgan fingerprint density at radius 2 is 1.72 bits per heavy atom. The molecule has 0 aromatic heterocycles. The van der Waals surface area contributed by atoms with Gasteiger partial charge in [-0.3, -0.25) is 0 Å². The summed E-state index contributed by atoms with van der Waals surface area (Å²) in [5.74, 6) is -0.329. The van der Waals surface area contributed by atoms with Gasteiger partial charge in [-0.05, 0) is 35.4 Å². The van der Waals surface area contributed by atoms with Crippen molar-refractivity contribution in [3.05, 3.63) is 65.2 Å². The summed E-state index contributed by atoms with van der Waals surface area (Å²) in [7, 11) is 0. The third-order valence-corrected chi connectivity index (χ3v) is 2.46. The summed E-state index contributed by atoms with van der Waals surface area (Å²) < 4.78 is 31.6. The molecule has 4 heteroatoms. The van der Waals surface area contributed by atoms with Gasteiger partial charge in [0.1, 0.15) is 24.0 Å². The fourth-order valence-electron chi connectivity index (χ4n) is 1.62. The van der Waals surface area contributed by atoms with Gasteiger partial charge in [0.2, 0.25) is 0 Å². The average molecular weight is 249 g/mol. The first-order valence-corrected chi connectivity index (χ1v) is 5.54. The predicted octanol–water partition coefficient (Wildman–Crippen LogP) is 3.00. The molecular weight excluding hydrogens is 236 g/mol. The molecule has 0 heterocycles. The van der Waals surface area contributed by atoms with E-state index in [0.717, 1.165) is 0 Å². The van der Waals surface area contributed by atoms with E-state index in [1.54, 1.807) is 18.2 Å². The van der Waals surface area contributed by atoms with Crippen molar-refractivity contribution in [2.75, 3.05) is 0 Å². The lowest BCUT2D eigenvalue weighted by molar-refractivity contribution is 0.303. The third-order valence-electron chi connectivity index (χ3n) is 2.46. The smallest absolute Gasteiger partial charge is 0.127 e. The van der Waals surface area contributed by atoms with E-state index in [0.29, 0.717) is 16.9 Å². The number of hydrogen-bond donors (Lipinski definition) is 1. The number of benzene rings is 2. The lowest BCUT2D eigenvalue weighted by Crippen LogP contribution is -2.00. The molecule has 0 aliphatic heterocycles. The number of hydrogen-bond acceptors (Lipinski definition) is 2. The molecule has 2 N–H and O–H groups in total. The van der Waals surface area contributed by atoms with Crippen molar-refractivity contribution in [3.8, 4) is 5.75 Å². The van der Waals surface area contributed by atoms with E-state index in [4.69, 9.17) is 10.5 Å². The highest BCUT2D eigenvalue weighted by atomic mass is 19.1. The van der Waals surface area contributed by atoms with Gasteiger partial charge in [0, 0.05) is 12.6 Å². The molecule has 0 saturated carbocycles. The maximum atomic E-state index is 13.2. The monoisotopic (exact) mass is 249 g/mol. The summed E-state index contributed by atoms with van der Waals surface area (Å²) in [5.41, 5.74) is 6.79. The molecular formula is C14H13F2NO. The van der Waals surface area contributed by atoms with Crippen LogP contribution in [0.2, 0.25) is 0 Å². The number of ether oxygens (including phenoxy) is 1. The second kappa shape index (κ2) is 5.60. The maximum Gasteiger partial charge on any atom is 0.127 e. The summed E-state index contributed by atoms with van der Waals surface area (Å²) in [6, 6.07) is 10.4. The van der Waals surface area contributed by atoms with E-state index in [9.17, 15) is 8.78 Å². The summed E-state index contributed by atoms with van der Waals surface area (Å²) in [5, 5.41) is 0. The second-order valence-electron chi connectivity index (χ2n) is 3.92. The Kier molecular flexibility index (Phi) is 3.89. The minimum atomic E-state index is -0.396. The number of nitrogens with two attached hydrogens (primary N) is 1. The Bertz CT molecular complexity index is 543. The zero-order valence-electron chi connectivity index (χ0n) is 9.70. The predicted molar refractivity (Wildman–Crippen MR) is 65.0 cm³/mol. The number of halogens is 2. The topological polar surface area (TPSA) is 35.2 Å². The van der Waals surface area contributed by atoms with Crippen LogP contribution in [0.15, 0.2) is 42.5 Å². The standard InChI is InChI=1S/C14H13F2NO/c15-12-3-1-2-10(4-12)9-18-14-6-11(8-17)5-13(16)7-14/h1-7H,8-9,17H2. The van der Waals surface area contributed by atoms with Crippen LogP contribution in [0.4, 0.5) is 8.78 Å². The Morgan fingerprint density at radius 3 is 2.44 bits per heavy atom. The van der Waals surface area contributed by atoms with E-state index in [2.05, 4.69) is 0 Å². The summed E-state index contributed by atoms with van der Waals surface area (Å²) in [6.45, 7) is 0.430. The minimum absolute atomic E-state index is 0.186. The van der Waals surface area contributed by atoms with Gasteiger partial charge in [-0.25, -0.2) is 8.78 Å². The number of rotatable bonds is 4. The van der Waals surface area contributed by atoms with Crippen LogP contribution in [0.5, 0.6) is 5.75 Å². The molecule has 0 amide bonds. The third kappa shape index (κ3) is 3.28. The average Bonchev–Trinajstić information content (AvgIpc) is 2.36. The van der Waals surface area contributed by atoms with Crippen molar-refractivity contribution in [1.82, 2.24) is 0 Å². The first kappa shape index (κ1) is 12.5. The molecule has 2 aromatic rings. The molecule has 94 valence electrons. The van der Waals surface area contributed by atoms with E-state index >= 15 is 0 Å². The fraction of sp³-hybridized carbons (Fsp3) is 0.143. The van der Waals surface area contributed by atoms with Crippen LogP contribution in [0.1, 0.15) is 11.1 Å². The van der Waals surface area contributed by atoms with E-state index < -0.39 is 5.82 Å². The molecule has 0 radical (unpaired) electrons. The molecule has 2 rings (SSSR count). The van der Waals surface area contributed by atoms with Crippen LogP contribution < -0.4 is 10.5 Å². The van der Waals surface area contributed by atoms with Gasteiger partial charge in [0.15, 0.2) is 0 Å². The van der Waals surface area contributed by atoms with Crippen molar-refractivity contribution in [3.63, 3.8) is 0 Å². The van der Waals surface area contributed by atoms with Crippen LogP contribution in [0.25, 0.3) is 0 Å². The molecule has 2 nitrogen and oxygen atoms in total. The van der Waals surface area contributed by atoms with E-state index in [-0.39, 0.29) is 19.0 Å². The van der Waals surface area contributed by atoms with Crippen molar-refractivity contribution in [2.45, 2.75) is 13.2 Å². The van der Waals surface area contributed by atoms with Crippen molar-refractivity contribution >= 4 is 0 Å². The fourth-order valence-corrected chi connectivity index (χ4v) is 1.62. The highest BCUT2D eigenvalue weighted by Crippen LogP contribution is 2.17. The minimum Gasteiger partial charge on any atom is -0.489 e. The van der Waals surface area contributed by atoms with Crippen LogP contribution in [0, 0.1) is 11.6 Å². The second-order valence-corrected chi connectivity index (χ2v) is 3.92. The van der Waals surface area contributed by atoms with Crippen LogP contribution in [0.3, 0.4) is 0 Å². The molecule has 0 bridgehead atoms. The van der Waals surface area contributed by atoms with E-state index in [1.165, 1.54) is 24.3 Å². The molecule has 2 aromatic carbocycles. The lowest BCUT2D eigenvalue weighted by atomic mass is 10.2. The summed E-state index contributed by atoms with van der Waals surface area (Å²) in [4.78, 5) is 0. The van der Waals surface area contributed by atoms with E-state index in [1.807, 2.05) is 0 Å². The van der Waals surface area contributed by atoms with Crippen LogP contribution in [-0.4, -0.2) is 0 Å². The molecule has 0 unspecified atom stereocenters. The van der Waals surface area contributed by atoms with Crippen molar-refractivity contribution < 1.29 is 13.5 Å². The maximum absolute atomic E-state index is 13.2. The van der Waals surface area contributed by atoms with Gasteiger partial charge in [-0.1, -0.05) is 12.1 Å². The zero-order chi connectivity index (χ0) is 13.0. The first-order valence-electron chi connectivity index (χ1n) is 5.54. The molecule has 0 spiro atoms. The van der Waals surface area contributed by atoms with Gasteiger partial charge < -0.3 is 10.5 Å². The normalized spacial score (nSPS) is 10.4. The Balaban J connectivity index is 2.08. The summed E-state index contributed by atoms with van der Waals surface area (Å²) >= 11 is 0. The Morgan fingerprint density at radius 1 is 0.944 bits per heavy atom. The van der Waals surface area contributed by atoms with Gasteiger partial charge in [-0.15, -0.1) is 0 Å². The molecule has 0 aliphatic rings. The lowest BCUT2D eigenvalue weighted by Gasteiger charge is -2.08. The Labute approximate surface area is 104 Å². The van der Waals surface area contributed by atoms with Crippen molar-refractivity contribution in [1.29, 1.82) is 0 Å². The molecule has 0 aliphatic carbocycles. The van der Waals surface area contributed by atoms with Crippen LogP contribution in [-0.2, 0) is 13.2 Å². The highest BCUT2D eigenvalue weighted by molar-refractivity contribution is 5.30. The molecule has 0 fully saturated rings. The zero-order valence-corrected chi connectivity index (χ0v) is 9.70.